The Bertz CT molecular complexity index is 897. The van der Waals surface area contributed by atoms with Gasteiger partial charge in [-0.1, -0.05) is 60.3 Å². The number of hydrogen-bond acceptors (Lipinski definition) is 5. The van der Waals surface area contributed by atoms with E-state index in [4.69, 9.17) is 0 Å². The summed E-state index contributed by atoms with van der Waals surface area (Å²) in [4.78, 5) is 24.3. The molecule has 7 heteroatoms. The molecule has 27 heavy (non-hydrogen) atoms. The number of nitrogens with zero attached hydrogens (tertiary/aromatic N) is 3. The first-order valence-electron chi connectivity index (χ1n) is 8.55. The number of carbonyl (C=O) groups is 2. The van der Waals surface area contributed by atoms with Crippen molar-refractivity contribution in [2.24, 2.45) is 0 Å². The van der Waals surface area contributed by atoms with Crippen LogP contribution in [-0.4, -0.2) is 38.2 Å². The Morgan fingerprint density at radius 3 is 2.41 bits per heavy atom. The van der Waals surface area contributed by atoms with Crippen LogP contribution in [0.2, 0.25) is 0 Å². The summed E-state index contributed by atoms with van der Waals surface area (Å²) in [7, 11) is 0. The molecule has 0 fully saturated rings. The SMILES string of the molecule is CC(=O)[C@H](Cc1ccccc1)NC(=O)CSc1nncn1-c1ccccc1. The third kappa shape index (κ3) is 5.27. The van der Waals surface area contributed by atoms with Crippen LogP contribution < -0.4 is 5.32 Å². The lowest BCUT2D eigenvalue weighted by Crippen LogP contribution is -2.42. The number of nitrogens with one attached hydrogen (secondary N) is 1. The molecule has 0 unspecified atom stereocenters. The van der Waals surface area contributed by atoms with E-state index in [1.54, 1.807) is 6.33 Å². The van der Waals surface area contributed by atoms with E-state index in [9.17, 15) is 9.59 Å². The first-order valence-corrected chi connectivity index (χ1v) is 9.54. The van der Waals surface area contributed by atoms with Crippen LogP contribution in [0.25, 0.3) is 5.69 Å². The number of aromatic nitrogens is 3. The lowest BCUT2D eigenvalue weighted by molar-refractivity contribution is -0.125. The predicted octanol–water partition coefficient (Wildman–Crippen LogP) is 2.68. The number of benzene rings is 2. The topological polar surface area (TPSA) is 76.9 Å². The smallest absolute Gasteiger partial charge is 0.231 e. The Hall–Kier alpha value is -2.93. The van der Waals surface area contributed by atoms with Gasteiger partial charge < -0.3 is 5.32 Å². The van der Waals surface area contributed by atoms with Crippen molar-refractivity contribution in [3.8, 4) is 5.69 Å². The molecule has 3 aromatic rings. The van der Waals surface area contributed by atoms with Crippen LogP contribution >= 0.6 is 11.8 Å². The maximum absolute atomic E-state index is 12.3. The summed E-state index contributed by atoms with van der Waals surface area (Å²) >= 11 is 1.28. The lowest BCUT2D eigenvalue weighted by atomic mass is 10.0. The predicted molar refractivity (Wildman–Crippen MR) is 105 cm³/mol. The molecule has 6 nitrogen and oxygen atoms in total. The van der Waals surface area contributed by atoms with E-state index in [0.29, 0.717) is 11.6 Å². The van der Waals surface area contributed by atoms with Crippen LogP contribution in [0.3, 0.4) is 0 Å². The second kappa shape index (κ2) is 9.14. The van der Waals surface area contributed by atoms with Crippen molar-refractivity contribution in [3.63, 3.8) is 0 Å². The maximum atomic E-state index is 12.3. The molecule has 0 radical (unpaired) electrons. The number of Topliss-reactive ketones (excluding diaryl/α,β-unsaturated/α-hetero) is 1. The van der Waals surface area contributed by atoms with Gasteiger partial charge in [0, 0.05) is 5.69 Å². The Morgan fingerprint density at radius 2 is 1.74 bits per heavy atom. The van der Waals surface area contributed by atoms with Gasteiger partial charge in [-0.15, -0.1) is 10.2 Å². The highest BCUT2D eigenvalue weighted by molar-refractivity contribution is 7.99. The van der Waals surface area contributed by atoms with Gasteiger partial charge in [0.1, 0.15) is 6.33 Å². The number of rotatable bonds is 8. The fourth-order valence-corrected chi connectivity index (χ4v) is 3.34. The average Bonchev–Trinajstić information content (AvgIpc) is 3.16. The molecule has 3 rings (SSSR count). The Labute approximate surface area is 162 Å². The molecule has 0 spiro atoms. The van der Waals surface area contributed by atoms with Gasteiger partial charge in [-0.25, -0.2) is 0 Å². The molecule has 0 bridgehead atoms. The minimum absolute atomic E-state index is 0.0651. The summed E-state index contributed by atoms with van der Waals surface area (Å²) in [6.45, 7) is 1.49. The van der Waals surface area contributed by atoms with E-state index in [1.165, 1.54) is 18.7 Å². The van der Waals surface area contributed by atoms with Crippen molar-refractivity contribution in [1.82, 2.24) is 20.1 Å². The lowest BCUT2D eigenvalue weighted by Gasteiger charge is -2.16. The summed E-state index contributed by atoms with van der Waals surface area (Å²) in [5.41, 5.74) is 1.94. The number of thioether (sulfide) groups is 1. The molecular weight excluding hydrogens is 360 g/mol. The number of carbonyl (C=O) groups excluding carboxylic acids is 2. The van der Waals surface area contributed by atoms with Crippen molar-refractivity contribution >= 4 is 23.5 Å². The van der Waals surface area contributed by atoms with Gasteiger partial charge in [0.2, 0.25) is 5.91 Å². The molecule has 1 atom stereocenters. The molecule has 0 saturated carbocycles. The highest BCUT2D eigenvalue weighted by Crippen LogP contribution is 2.19. The molecular formula is C20H20N4O2S. The summed E-state index contributed by atoms with van der Waals surface area (Å²) in [5.74, 6) is -0.118. The molecule has 1 aromatic heterocycles. The second-order valence-electron chi connectivity index (χ2n) is 6.03. The quantitative estimate of drug-likeness (QED) is 0.608. The van der Waals surface area contributed by atoms with Gasteiger partial charge >= 0.3 is 0 Å². The van der Waals surface area contributed by atoms with Crippen molar-refractivity contribution < 1.29 is 9.59 Å². The van der Waals surface area contributed by atoms with E-state index < -0.39 is 6.04 Å². The molecule has 2 aromatic carbocycles. The van der Waals surface area contributed by atoms with Crippen LogP contribution in [0, 0.1) is 0 Å². The molecule has 1 heterocycles. The summed E-state index contributed by atoms with van der Waals surface area (Å²) in [6, 6.07) is 18.8. The van der Waals surface area contributed by atoms with Gasteiger partial charge in [-0.3, -0.25) is 14.2 Å². The van der Waals surface area contributed by atoms with Gasteiger partial charge in [-0.2, -0.15) is 0 Å². The third-order valence-corrected chi connectivity index (χ3v) is 4.93. The van der Waals surface area contributed by atoms with E-state index in [2.05, 4.69) is 15.5 Å². The first kappa shape index (κ1) is 18.8. The Kier molecular flexibility index (Phi) is 6.38. The maximum Gasteiger partial charge on any atom is 0.231 e. The van der Waals surface area contributed by atoms with Crippen LogP contribution in [0.15, 0.2) is 72.1 Å². The van der Waals surface area contributed by atoms with Gasteiger partial charge in [0.25, 0.3) is 0 Å². The molecule has 0 aliphatic heterocycles. The van der Waals surface area contributed by atoms with Crippen LogP contribution in [-0.2, 0) is 16.0 Å². The van der Waals surface area contributed by atoms with Gasteiger partial charge in [0.05, 0.1) is 11.8 Å². The molecule has 0 saturated heterocycles. The first-order chi connectivity index (χ1) is 13.1. The normalized spacial score (nSPS) is 11.7. The summed E-state index contributed by atoms with van der Waals surface area (Å²) < 4.78 is 1.82. The molecule has 0 aliphatic rings. The van der Waals surface area contributed by atoms with Crippen molar-refractivity contribution in [1.29, 1.82) is 0 Å². The van der Waals surface area contributed by atoms with Crippen LogP contribution in [0.4, 0.5) is 0 Å². The van der Waals surface area contributed by atoms with Gasteiger partial charge in [-0.05, 0) is 31.0 Å². The zero-order chi connectivity index (χ0) is 19.1. The van der Waals surface area contributed by atoms with Gasteiger partial charge in [0.15, 0.2) is 10.9 Å². The third-order valence-electron chi connectivity index (χ3n) is 3.99. The largest absolute Gasteiger partial charge is 0.345 e. The molecule has 138 valence electrons. The Morgan fingerprint density at radius 1 is 1.07 bits per heavy atom. The molecule has 1 N–H and O–H groups in total. The van der Waals surface area contributed by atoms with E-state index in [-0.39, 0.29) is 17.4 Å². The van der Waals surface area contributed by atoms with E-state index >= 15 is 0 Å². The minimum Gasteiger partial charge on any atom is -0.345 e. The molecule has 1 amide bonds. The Balaban J connectivity index is 1.59. The van der Waals surface area contributed by atoms with E-state index in [0.717, 1.165) is 11.3 Å². The summed E-state index contributed by atoms with van der Waals surface area (Å²) in [6.07, 6.45) is 2.09. The number of amides is 1. The van der Waals surface area contributed by atoms with E-state index in [1.807, 2.05) is 65.2 Å². The monoisotopic (exact) mass is 380 g/mol. The second-order valence-corrected chi connectivity index (χ2v) is 6.97. The van der Waals surface area contributed by atoms with Crippen LogP contribution in [0.1, 0.15) is 12.5 Å². The zero-order valence-electron chi connectivity index (χ0n) is 14.9. The number of ketones is 1. The summed E-state index contributed by atoms with van der Waals surface area (Å²) in [5, 5.41) is 11.4. The average molecular weight is 380 g/mol. The highest BCUT2D eigenvalue weighted by Gasteiger charge is 2.18. The van der Waals surface area contributed by atoms with Crippen LogP contribution in [0.5, 0.6) is 0 Å². The fraction of sp³-hybridized carbons (Fsp3) is 0.200. The fourth-order valence-electron chi connectivity index (χ4n) is 2.60. The number of hydrogen-bond donors (Lipinski definition) is 1. The van der Waals surface area contributed by atoms with Crippen molar-refractivity contribution in [3.05, 3.63) is 72.6 Å². The zero-order valence-corrected chi connectivity index (χ0v) is 15.7. The minimum atomic E-state index is -0.535. The van der Waals surface area contributed by atoms with Crippen molar-refractivity contribution in [2.75, 3.05) is 5.75 Å². The molecule has 0 aliphatic carbocycles. The highest BCUT2D eigenvalue weighted by atomic mass is 32.2. The number of para-hydroxylation sites is 1. The van der Waals surface area contributed by atoms with Crippen molar-refractivity contribution in [2.45, 2.75) is 24.5 Å². The standard InChI is InChI=1S/C20H20N4O2S/c1-15(25)18(12-16-8-4-2-5-9-16)22-19(26)13-27-20-23-21-14-24(20)17-10-6-3-7-11-17/h2-11,14,18H,12-13H2,1H3,(H,22,26)/t18-/m0/s1.